The quantitative estimate of drug-likeness (QED) is 0.697. The lowest BCUT2D eigenvalue weighted by atomic mass is 10.3. The van der Waals surface area contributed by atoms with Crippen LogP contribution in [0.4, 0.5) is 0 Å². The van der Waals surface area contributed by atoms with E-state index in [2.05, 4.69) is 0 Å². The molecule has 3 nitrogen and oxygen atoms in total. The summed E-state index contributed by atoms with van der Waals surface area (Å²) in [5, 5.41) is 0. The van der Waals surface area contributed by atoms with Crippen molar-refractivity contribution in [2.75, 3.05) is 6.54 Å². The Balaban J connectivity index is 0. The number of hydrogen-bond donors (Lipinski definition) is 1. The van der Waals surface area contributed by atoms with E-state index in [-0.39, 0.29) is 11.6 Å². The van der Waals surface area contributed by atoms with Gasteiger partial charge in [0.1, 0.15) is 11.6 Å². The number of Topliss-reactive ketones (excluding diaryl/α,β-unsaturated/α-hetero) is 2. The number of hydrogen-bond acceptors (Lipinski definition) is 3. The van der Waals surface area contributed by atoms with Crippen LogP contribution in [0.1, 0.15) is 40.0 Å². The predicted octanol–water partition coefficient (Wildman–Crippen LogP) is 1.30. The Kier molecular flexibility index (Phi) is 11.9. The van der Waals surface area contributed by atoms with Crippen LogP contribution in [0.25, 0.3) is 0 Å². The number of carbonyl (C=O) groups excluding carboxylic acids is 2. The van der Waals surface area contributed by atoms with Crippen molar-refractivity contribution in [1.29, 1.82) is 0 Å². The van der Waals surface area contributed by atoms with Gasteiger partial charge in [0.2, 0.25) is 0 Å². The van der Waals surface area contributed by atoms with Gasteiger partial charge >= 0.3 is 0 Å². The highest BCUT2D eigenvalue weighted by atomic mass is 16.1. The first kappa shape index (κ1) is 13.9. The molecule has 0 aliphatic carbocycles. The summed E-state index contributed by atoms with van der Waals surface area (Å²) in [5.41, 5.74) is 5.01. The van der Waals surface area contributed by atoms with Gasteiger partial charge in [-0.3, -0.25) is 4.79 Å². The second-order valence-electron chi connectivity index (χ2n) is 2.69. The van der Waals surface area contributed by atoms with Crippen LogP contribution in [0.2, 0.25) is 0 Å². The highest BCUT2D eigenvalue weighted by molar-refractivity contribution is 5.75. The van der Waals surface area contributed by atoms with Gasteiger partial charge in [0.25, 0.3) is 0 Å². The normalized spacial score (nSPS) is 8.33. The van der Waals surface area contributed by atoms with E-state index in [1.807, 2.05) is 6.92 Å². The molecule has 0 amide bonds. The minimum absolute atomic E-state index is 0.164. The first-order valence-corrected chi connectivity index (χ1v) is 4.23. The Morgan fingerprint density at radius 2 is 1.50 bits per heavy atom. The maximum Gasteiger partial charge on any atom is 0.131 e. The summed E-state index contributed by atoms with van der Waals surface area (Å²) in [5.74, 6) is 0.454. The molecule has 72 valence electrons. The van der Waals surface area contributed by atoms with Crippen molar-refractivity contribution >= 4 is 11.6 Å². The average molecular weight is 173 g/mol. The largest absolute Gasteiger partial charge is 0.330 e. The van der Waals surface area contributed by atoms with Gasteiger partial charge < -0.3 is 10.5 Å². The molecule has 0 fully saturated rings. The van der Waals surface area contributed by atoms with Gasteiger partial charge in [0.15, 0.2) is 0 Å². The van der Waals surface area contributed by atoms with E-state index in [9.17, 15) is 9.59 Å². The first-order chi connectivity index (χ1) is 5.54. The van der Waals surface area contributed by atoms with Crippen molar-refractivity contribution < 1.29 is 9.59 Å². The topological polar surface area (TPSA) is 60.2 Å². The smallest absolute Gasteiger partial charge is 0.131 e. The third kappa shape index (κ3) is 22.8. The molecule has 0 aromatic heterocycles. The van der Waals surface area contributed by atoms with Crippen molar-refractivity contribution in [3.63, 3.8) is 0 Å². The Hall–Kier alpha value is -0.700. The maximum absolute atomic E-state index is 10.0. The fourth-order valence-electron chi connectivity index (χ4n) is 0.555. The molecule has 0 saturated heterocycles. The molecule has 0 rings (SSSR count). The molecular weight excluding hydrogens is 154 g/mol. The maximum atomic E-state index is 10.0. The van der Waals surface area contributed by atoms with E-state index in [4.69, 9.17) is 5.73 Å². The highest BCUT2D eigenvalue weighted by Crippen LogP contribution is 1.84. The minimum Gasteiger partial charge on any atom is -0.330 e. The summed E-state index contributed by atoms with van der Waals surface area (Å²) >= 11 is 0. The van der Waals surface area contributed by atoms with Crippen molar-refractivity contribution in [2.45, 2.75) is 40.0 Å². The summed E-state index contributed by atoms with van der Waals surface area (Å²) < 4.78 is 0. The van der Waals surface area contributed by atoms with E-state index in [1.54, 1.807) is 6.92 Å². The molecule has 0 unspecified atom stereocenters. The third-order valence-electron chi connectivity index (χ3n) is 1.10. The van der Waals surface area contributed by atoms with Gasteiger partial charge in [-0.15, -0.1) is 0 Å². The Morgan fingerprint density at radius 3 is 1.50 bits per heavy atom. The summed E-state index contributed by atoms with van der Waals surface area (Å²) in [4.78, 5) is 20.0. The molecule has 0 heterocycles. The van der Waals surface area contributed by atoms with Gasteiger partial charge in [-0.25, -0.2) is 0 Å². The number of rotatable bonds is 4. The van der Waals surface area contributed by atoms with Crippen LogP contribution in [0.3, 0.4) is 0 Å². The van der Waals surface area contributed by atoms with Crippen LogP contribution >= 0.6 is 0 Å². The molecule has 0 aliphatic rings. The standard InChI is InChI=1S/C5H10O.C4H9NO/c1-3-4-5(2)6;1-4(6)2-3-5/h3-4H2,1-2H3;2-3,5H2,1H3. The van der Waals surface area contributed by atoms with Crippen LogP contribution in [0.5, 0.6) is 0 Å². The molecule has 0 aliphatic heterocycles. The lowest BCUT2D eigenvalue weighted by Crippen LogP contribution is -2.03. The van der Waals surface area contributed by atoms with Gasteiger partial charge in [0.05, 0.1) is 0 Å². The van der Waals surface area contributed by atoms with Crippen LogP contribution in [0, 0.1) is 0 Å². The Morgan fingerprint density at radius 1 is 1.08 bits per heavy atom. The fourth-order valence-corrected chi connectivity index (χ4v) is 0.555. The molecule has 0 aromatic rings. The van der Waals surface area contributed by atoms with Crippen LogP contribution in [0.15, 0.2) is 0 Å². The van der Waals surface area contributed by atoms with E-state index >= 15 is 0 Å². The summed E-state index contributed by atoms with van der Waals surface area (Å²) in [6.45, 7) is 5.63. The summed E-state index contributed by atoms with van der Waals surface area (Å²) in [6, 6.07) is 0. The lowest BCUT2D eigenvalue weighted by Gasteiger charge is -1.81. The molecule has 3 heteroatoms. The molecule has 0 atom stereocenters. The zero-order valence-electron chi connectivity index (χ0n) is 8.22. The van der Waals surface area contributed by atoms with Gasteiger partial charge in [0, 0.05) is 12.8 Å². The molecule has 0 bridgehead atoms. The van der Waals surface area contributed by atoms with Crippen molar-refractivity contribution in [1.82, 2.24) is 0 Å². The predicted molar refractivity (Wildman–Crippen MR) is 49.9 cm³/mol. The molecular formula is C9H19NO2. The number of ketones is 2. The van der Waals surface area contributed by atoms with Crippen molar-refractivity contribution in [3.05, 3.63) is 0 Å². The second kappa shape index (κ2) is 10.3. The van der Waals surface area contributed by atoms with Crippen LogP contribution in [-0.4, -0.2) is 18.1 Å². The molecule has 0 radical (unpaired) electrons. The number of nitrogens with two attached hydrogens (primary N) is 1. The molecule has 0 spiro atoms. The lowest BCUT2D eigenvalue weighted by molar-refractivity contribution is -0.117. The van der Waals surface area contributed by atoms with Crippen molar-refractivity contribution in [3.8, 4) is 0 Å². The zero-order chi connectivity index (χ0) is 9.98. The average Bonchev–Trinajstić information content (AvgIpc) is 1.87. The van der Waals surface area contributed by atoms with E-state index in [1.165, 1.54) is 6.92 Å². The minimum atomic E-state index is 0.164. The molecule has 12 heavy (non-hydrogen) atoms. The van der Waals surface area contributed by atoms with E-state index in [0.29, 0.717) is 13.0 Å². The number of carbonyl (C=O) groups is 2. The second-order valence-corrected chi connectivity index (χ2v) is 2.69. The van der Waals surface area contributed by atoms with Crippen LogP contribution in [-0.2, 0) is 9.59 Å². The molecule has 0 aromatic carbocycles. The molecule has 0 saturated carbocycles. The highest BCUT2D eigenvalue weighted by Gasteiger charge is 1.84. The SMILES string of the molecule is CC(=O)CCN.CCCC(C)=O. The fraction of sp³-hybridized carbons (Fsp3) is 0.778. The zero-order valence-corrected chi connectivity index (χ0v) is 8.22. The van der Waals surface area contributed by atoms with Gasteiger partial charge in [-0.05, 0) is 26.8 Å². The van der Waals surface area contributed by atoms with Gasteiger partial charge in [-0.2, -0.15) is 0 Å². The summed E-state index contributed by atoms with van der Waals surface area (Å²) in [6.07, 6.45) is 2.23. The monoisotopic (exact) mass is 173 g/mol. The first-order valence-electron chi connectivity index (χ1n) is 4.23. The summed E-state index contributed by atoms with van der Waals surface area (Å²) in [7, 11) is 0. The van der Waals surface area contributed by atoms with Crippen LogP contribution < -0.4 is 5.73 Å². The van der Waals surface area contributed by atoms with E-state index in [0.717, 1.165) is 12.8 Å². The Labute approximate surface area is 74.3 Å². The van der Waals surface area contributed by atoms with Gasteiger partial charge in [-0.1, -0.05) is 6.92 Å². The molecule has 2 N–H and O–H groups in total. The third-order valence-corrected chi connectivity index (χ3v) is 1.10. The Bertz CT molecular complexity index is 116. The van der Waals surface area contributed by atoms with E-state index < -0.39 is 0 Å². The van der Waals surface area contributed by atoms with Crippen molar-refractivity contribution in [2.24, 2.45) is 5.73 Å².